The Morgan fingerprint density at radius 1 is 1.29 bits per heavy atom. The van der Waals surface area contributed by atoms with Gasteiger partial charge in [-0.05, 0) is 31.0 Å². The van der Waals surface area contributed by atoms with Gasteiger partial charge in [-0.3, -0.25) is 0 Å². The zero-order chi connectivity index (χ0) is 11.7. The van der Waals surface area contributed by atoms with Crippen LogP contribution in [0.1, 0.15) is 24.8 Å². The average molecular weight is 227 g/mol. The Morgan fingerprint density at radius 3 is 2.82 bits per heavy atom. The number of rotatable bonds is 2. The highest BCUT2D eigenvalue weighted by Gasteiger charge is 2.23. The van der Waals surface area contributed by atoms with E-state index < -0.39 is 0 Å². The standard InChI is InChI=1S/C14H17N3/c1-11-7-12(8-15-11)13-9-16-17(10-13)14-5-3-2-4-6-14/h2-6,9-12,15H,7-8H2,1H3. The minimum Gasteiger partial charge on any atom is -0.314 e. The van der Waals surface area contributed by atoms with Gasteiger partial charge in [-0.25, -0.2) is 4.68 Å². The molecule has 0 amide bonds. The molecule has 3 rings (SSSR count). The summed E-state index contributed by atoms with van der Waals surface area (Å²) in [5, 5.41) is 7.92. The van der Waals surface area contributed by atoms with Crippen molar-refractivity contribution in [2.75, 3.05) is 6.54 Å². The lowest BCUT2D eigenvalue weighted by molar-refractivity contribution is 0.658. The molecule has 3 nitrogen and oxygen atoms in total. The van der Waals surface area contributed by atoms with Crippen LogP contribution < -0.4 is 5.32 Å². The second-order valence-electron chi connectivity index (χ2n) is 4.80. The summed E-state index contributed by atoms with van der Waals surface area (Å²) in [7, 11) is 0. The first-order chi connectivity index (χ1) is 8.33. The molecule has 1 aliphatic heterocycles. The van der Waals surface area contributed by atoms with E-state index >= 15 is 0 Å². The summed E-state index contributed by atoms with van der Waals surface area (Å²) in [5.74, 6) is 0.613. The third kappa shape index (κ3) is 2.11. The molecule has 3 heteroatoms. The second kappa shape index (κ2) is 4.34. The molecule has 0 saturated carbocycles. The third-order valence-electron chi connectivity index (χ3n) is 3.45. The summed E-state index contributed by atoms with van der Waals surface area (Å²) in [6.07, 6.45) is 5.36. The summed E-state index contributed by atoms with van der Waals surface area (Å²) in [6, 6.07) is 10.9. The van der Waals surface area contributed by atoms with Gasteiger partial charge in [0.15, 0.2) is 0 Å². The first kappa shape index (κ1) is 10.5. The van der Waals surface area contributed by atoms with Crippen molar-refractivity contribution in [3.05, 3.63) is 48.3 Å². The number of para-hydroxylation sites is 1. The molecule has 2 heterocycles. The summed E-state index contributed by atoms with van der Waals surface area (Å²) in [6.45, 7) is 3.31. The maximum absolute atomic E-state index is 4.44. The second-order valence-corrected chi connectivity index (χ2v) is 4.80. The number of hydrogen-bond donors (Lipinski definition) is 1. The molecule has 2 atom stereocenters. The number of nitrogens with one attached hydrogen (secondary N) is 1. The van der Waals surface area contributed by atoms with E-state index in [9.17, 15) is 0 Å². The number of hydrogen-bond acceptors (Lipinski definition) is 2. The van der Waals surface area contributed by atoms with Crippen molar-refractivity contribution < 1.29 is 0 Å². The van der Waals surface area contributed by atoms with E-state index in [1.54, 1.807) is 0 Å². The van der Waals surface area contributed by atoms with Gasteiger partial charge in [0, 0.05) is 24.7 Å². The van der Waals surface area contributed by atoms with Crippen LogP contribution in [-0.2, 0) is 0 Å². The number of nitrogens with zero attached hydrogens (tertiary/aromatic N) is 2. The van der Waals surface area contributed by atoms with Crippen LogP contribution in [-0.4, -0.2) is 22.4 Å². The predicted octanol–water partition coefficient (Wildman–Crippen LogP) is 2.34. The highest BCUT2D eigenvalue weighted by Crippen LogP contribution is 2.25. The summed E-state index contributed by atoms with van der Waals surface area (Å²) < 4.78 is 1.96. The first-order valence-electron chi connectivity index (χ1n) is 6.16. The molecule has 1 fully saturated rings. The minimum atomic E-state index is 0.613. The monoisotopic (exact) mass is 227 g/mol. The Labute approximate surface area is 101 Å². The van der Waals surface area contributed by atoms with Gasteiger partial charge in [0.1, 0.15) is 0 Å². The Hall–Kier alpha value is -1.61. The van der Waals surface area contributed by atoms with Crippen molar-refractivity contribution in [1.29, 1.82) is 0 Å². The molecular weight excluding hydrogens is 210 g/mol. The Bertz CT molecular complexity index is 489. The fraction of sp³-hybridized carbons (Fsp3) is 0.357. The fourth-order valence-electron chi connectivity index (χ4n) is 2.46. The van der Waals surface area contributed by atoms with Crippen LogP contribution in [0.4, 0.5) is 0 Å². The highest BCUT2D eigenvalue weighted by molar-refractivity contribution is 5.31. The van der Waals surface area contributed by atoms with E-state index in [2.05, 4.69) is 35.7 Å². The maximum Gasteiger partial charge on any atom is 0.0645 e. The van der Waals surface area contributed by atoms with E-state index in [0.717, 1.165) is 12.2 Å². The van der Waals surface area contributed by atoms with Gasteiger partial charge in [0.2, 0.25) is 0 Å². The molecule has 1 aliphatic rings. The molecule has 88 valence electrons. The molecule has 1 N–H and O–H groups in total. The predicted molar refractivity (Wildman–Crippen MR) is 68.4 cm³/mol. The van der Waals surface area contributed by atoms with Gasteiger partial charge < -0.3 is 5.32 Å². The van der Waals surface area contributed by atoms with Crippen LogP contribution in [0, 0.1) is 0 Å². The van der Waals surface area contributed by atoms with E-state index in [0.29, 0.717) is 12.0 Å². The highest BCUT2D eigenvalue weighted by atomic mass is 15.3. The van der Waals surface area contributed by atoms with Crippen LogP contribution in [0.5, 0.6) is 0 Å². The zero-order valence-corrected chi connectivity index (χ0v) is 10.0. The van der Waals surface area contributed by atoms with Gasteiger partial charge in [0.05, 0.1) is 11.9 Å². The van der Waals surface area contributed by atoms with Crippen molar-refractivity contribution in [1.82, 2.24) is 15.1 Å². The molecule has 1 aromatic carbocycles. The van der Waals surface area contributed by atoms with Crippen molar-refractivity contribution in [2.45, 2.75) is 25.3 Å². The number of aromatic nitrogens is 2. The lowest BCUT2D eigenvalue weighted by Gasteiger charge is -2.04. The van der Waals surface area contributed by atoms with Crippen LogP contribution in [0.15, 0.2) is 42.7 Å². The van der Waals surface area contributed by atoms with Gasteiger partial charge in [-0.1, -0.05) is 18.2 Å². The van der Waals surface area contributed by atoms with Gasteiger partial charge in [-0.15, -0.1) is 0 Å². The van der Waals surface area contributed by atoms with Crippen LogP contribution in [0.25, 0.3) is 5.69 Å². The topological polar surface area (TPSA) is 29.9 Å². The quantitative estimate of drug-likeness (QED) is 0.853. The Balaban J connectivity index is 1.84. The molecule has 1 aromatic heterocycles. The molecule has 17 heavy (non-hydrogen) atoms. The van der Waals surface area contributed by atoms with Crippen molar-refractivity contribution in [3.8, 4) is 5.69 Å². The Kier molecular flexibility index (Phi) is 2.69. The number of benzene rings is 1. The van der Waals surface area contributed by atoms with Crippen molar-refractivity contribution in [2.24, 2.45) is 0 Å². The minimum absolute atomic E-state index is 0.613. The van der Waals surface area contributed by atoms with Crippen LogP contribution in [0.2, 0.25) is 0 Å². The third-order valence-corrected chi connectivity index (χ3v) is 3.45. The normalized spacial score (nSPS) is 24.1. The average Bonchev–Trinajstić information content (AvgIpc) is 2.98. The van der Waals surface area contributed by atoms with Crippen LogP contribution in [0.3, 0.4) is 0 Å². The molecule has 1 saturated heterocycles. The molecule has 2 aromatic rings. The van der Waals surface area contributed by atoms with E-state index in [-0.39, 0.29) is 0 Å². The van der Waals surface area contributed by atoms with Gasteiger partial charge in [-0.2, -0.15) is 5.10 Å². The lowest BCUT2D eigenvalue weighted by Crippen LogP contribution is -2.16. The van der Waals surface area contributed by atoms with Crippen LogP contribution >= 0.6 is 0 Å². The maximum atomic E-state index is 4.44. The van der Waals surface area contributed by atoms with Gasteiger partial charge in [0.25, 0.3) is 0 Å². The first-order valence-corrected chi connectivity index (χ1v) is 6.16. The lowest BCUT2D eigenvalue weighted by atomic mass is 10.0. The summed E-state index contributed by atoms with van der Waals surface area (Å²) in [4.78, 5) is 0. The molecule has 0 radical (unpaired) electrons. The molecule has 0 aliphatic carbocycles. The van der Waals surface area contributed by atoms with Crippen molar-refractivity contribution in [3.63, 3.8) is 0 Å². The Morgan fingerprint density at radius 2 is 2.12 bits per heavy atom. The molecule has 0 spiro atoms. The molecule has 0 bridgehead atoms. The van der Waals surface area contributed by atoms with Crippen molar-refractivity contribution >= 4 is 0 Å². The zero-order valence-electron chi connectivity index (χ0n) is 10.0. The SMILES string of the molecule is CC1CC(c2cnn(-c3ccccc3)c2)CN1. The summed E-state index contributed by atoms with van der Waals surface area (Å²) >= 11 is 0. The van der Waals surface area contributed by atoms with E-state index in [1.807, 2.05) is 29.1 Å². The summed E-state index contributed by atoms with van der Waals surface area (Å²) in [5.41, 5.74) is 2.46. The van der Waals surface area contributed by atoms with E-state index in [4.69, 9.17) is 0 Å². The fourth-order valence-corrected chi connectivity index (χ4v) is 2.46. The van der Waals surface area contributed by atoms with E-state index in [1.165, 1.54) is 12.0 Å². The largest absolute Gasteiger partial charge is 0.314 e. The molecule has 2 unspecified atom stereocenters. The van der Waals surface area contributed by atoms with Gasteiger partial charge >= 0.3 is 0 Å². The molecular formula is C14H17N3. The smallest absolute Gasteiger partial charge is 0.0645 e.